The molecule has 17 heavy (non-hydrogen) atoms. The van der Waals surface area contributed by atoms with E-state index in [1.54, 1.807) is 0 Å². The predicted octanol–water partition coefficient (Wildman–Crippen LogP) is 1.92. The van der Waals surface area contributed by atoms with E-state index in [0.717, 1.165) is 13.2 Å². The van der Waals surface area contributed by atoms with Crippen LogP contribution in [0.25, 0.3) is 0 Å². The first-order chi connectivity index (χ1) is 8.35. The van der Waals surface area contributed by atoms with Gasteiger partial charge in [-0.2, -0.15) is 0 Å². The fourth-order valence-electron chi connectivity index (χ4n) is 3.31. The van der Waals surface area contributed by atoms with Gasteiger partial charge in [-0.3, -0.25) is 0 Å². The first-order valence-corrected chi connectivity index (χ1v) is 7.38. The second-order valence-corrected chi connectivity index (χ2v) is 5.77. The van der Waals surface area contributed by atoms with E-state index >= 15 is 0 Å². The van der Waals surface area contributed by atoms with Gasteiger partial charge in [-0.15, -0.1) is 0 Å². The second kappa shape index (κ2) is 6.72. The summed E-state index contributed by atoms with van der Waals surface area (Å²) in [5, 5.41) is 7.15. The molecule has 1 unspecified atom stereocenters. The van der Waals surface area contributed by atoms with Gasteiger partial charge in [-0.25, -0.2) is 0 Å². The Labute approximate surface area is 106 Å². The maximum atomic E-state index is 5.66. The lowest BCUT2D eigenvalue weighted by molar-refractivity contribution is 0.101. The van der Waals surface area contributed by atoms with Crippen molar-refractivity contribution < 1.29 is 4.74 Å². The van der Waals surface area contributed by atoms with E-state index < -0.39 is 0 Å². The molecule has 0 saturated carbocycles. The van der Waals surface area contributed by atoms with E-state index in [1.165, 1.54) is 58.2 Å². The minimum Gasteiger partial charge on any atom is -0.377 e. The van der Waals surface area contributed by atoms with Crippen LogP contribution in [-0.2, 0) is 4.74 Å². The smallest absolute Gasteiger partial charge is 0.0700 e. The Morgan fingerprint density at radius 2 is 2.18 bits per heavy atom. The van der Waals surface area contributed by atoms with Gasteiger partial charge in [-0.05, 0) is 50.6 Å². The van der Waals surface area contributed by atoms with Gasteiger partial charge < -0.3 is 15.4 Å². The number of nitrogens with one attached hydrogen (secondary N) is 2. The first kappa shape index (κ1) is 13.3. The van der Waals surface area contributed by atoms with Crippen LogP contribution in [0, 0.1) is 5.41 Å². The van der Waals surface area contributed by atoms with E-state index in [0.29, 0.717) is 11.5 Å². The Morgan fingerprint density at radius 3 is 2.82 bits per heavy atom. The topological polar surface area (TPSA) is 33.3 Å². The van der Waals surface area contributed by atoms with E-state index in [4.69, 9.17) is 4.74 Å². The number of hydrogen-bond donors (Lipinski definition) is 2. The zero-order valence-corrected chi connectivity index (χ0v) is 11.3. The van der Waals surface area contributed by atoms with Crippen LogP contribution in [0.5, 0.6) is 0 Å². The van der Waals surface area contributed by atoms with Crippen molar-refractivity contribution in [3.05, 3.63) is 0 Å². The van der Waals surface area contributed by atoms with Crippen LogP contribution in [0.3, 0.4) is 0 Å². The average molecular weight is 240 g/mol. The molecule has 3 nitrogen and oxygen atoms in total. The zero-order valence-electron chi connectivity index (χ0n) is 11.3. The van der Waals surface area contributed by atoms with Crippen molar-refractivity contribution in [1.82, 2.24) is 10.6 Å². The maximum absolute atomic E-state index is 5.66. The summed E-state index contributed by atoms with van der Waals surface area (Å²) in [5.74, 6) is 0. The molecule has 2 aliphatic rings. The number of ether oxygens (including phenoxy) is 1. The SMILES string of the molecule is CCCC1(CNCC2CCCO2)CCNCC1. The molecule has 0 aromatic rings. The molecule has 0 radical (unpaired) electrons. The van der Waals surface area contributed by atoms with Crippen molar-refractivity contribution in [2.75, 3.05) is 32.8 Å². The van der Waals surface area contributed by atoms with Crippen LogP contribution in [0.15, 0.2) is 0 Å². The molecule has 0 aliphatic carbocycles. The molecular formula is C14H28N2O. The van der Waals surface area contributed by atoms with Gasteiger partial charge in [0.15, 0.2) is 0 Å². The summed E-state index contributed by atoms with van der Waals surface area (Å²) in [6.07, 6.45) is 8.31. The first-order valence-electron chi connectivity index (χ1n) is 7.38. The molecule has 2 aliphatic heterocycles. The zero-order chi connectivity index (χ0) is 12.0. The van der Waals surface area contributed by atoms with Gasteiger partial charge in [0, 0.05) is 19.7 Å². The number of rotatable bonds is 6. The minimum atomic E-state index is 0.482. The fourth-order valence-corrected chi connectivity index (χ4v) is 3.31. The molecule has 2 rings (SSSR count). The molecule has 1 atom stereocenters. The molecule has 2 saturated heterocycles. The predicted molar refractivity (Wildman–Crippen MR) is 71.3 cm³/mol. The molecule has 3 heteroatoms. The molecular weight excluding hydrogens is 212 g/mol. The maximum Gasteiger partial charge on any atom is 0.0700 e. The quantitative estimate of drug-likeness (QED) is 0.744. The summed E-state index contributed by atoms with van der Waals surface area (Å²) in [5.41, 5.74) is 0.554. The molecule has 0 aromatic heterocycles. The van der Waals surface area contributed by atoms with Crippen molar-refractivity contribution >= 4 is 0 Å². The molecule has 2 fully saturated rings. The average Bonchev–Trinajstić information content (AvgIpc) is 2.84. The Hall–Kier alpha value is -0.120. The van der Waals surface area contributed by atoms with Gasteiger partial charge >= 0.3 is 0 Å². The van der Waals surface area contributed by atoms with Gasteiger partial charge in [0.2, 0.25) is 0 Å². The molecule has 0 aromatic carbocycles. The van der Waals surface area contributed by atoms with E-state index in [1.807, 2.05) is 0 Å². The normalized spacial score (nSPS) is 28.4. The highest BCUT2D eigenvalue weighted by molar-refractivity contribution is 4.86. The van der Waals surface area contributed by atoms with Gasteiger partial charge in [-0.1, -0.05) is 13.3 Å². The van der Waals surface area contributed by atoms with Crippen LogP contribution in [0.1, 0.15) is 45.4 Å². The summed E-state index contributed by atoms with van der Waals surface area (Å²) >= 11 is 0. The van der Waals surface area contributed by atoms with Gasteiger partial charge in [0.25, 0.3) is 0 Å². The van der Waals surface area contributed by atoms with Crippen molar-refractivity contribution in [2.45, 2.75) is 51.6 Å². The standard InChI is InChI=1S/C14H28N2O/c1-2-5-14(6-8-15-9-7-14)12-16-11-13-4-3-10-17-13/h13,15-16H,2-12H2,1H3. The third kappa shape index (κ3) is 3.94. The molecule has 2 N–H and O–H groups in total. The molecule has 2 heterocycles. The third-order valence-electron chi connectivity index (χ3n) is 4.34. The van der Waals surface area contributed by atoms with Crippen molar-refractivity contribution in [3.8, 4) is 0 Å². The van der Waals surface area contributed by atoms with Crippen LogP contribution >= 0.6 is 0 Å². The Kier molecular flexibility index (Phi) is 5.26. The van der Waals surface area contributed by atoms with Crippen molar-refractivity contribution in [3.63, 3.8) is 0 Å². The third-order valence-corrected chi connectivity index (χ3v) is 4.34. The summed E-state index contributed by atoms with van der Waals surface area (Å²) in [6.45, 7) is 7.91. The lowest BCUT2D eigenvalue weighted by atomic mass is 9.75. The van der Waals surface area contributed by atoms with Crippen molar-refractivity contribution in [2.24, 2.45) is 5.41 Å². The minimum absolute atomic E-state index is 0.482. The molecule has 0 amide bonds. The van der Waals surface area contributed by atoms with Crippen LogP contribution in [0.2, 0.25) is 0 Å². The lowest BCUT2D eigenvalue weighted by Gasteiger charge is -2.38. The van der Waals surface area contributed by atoms with Crippen LogP contribution in [0.4, 0.5) is 0 Å². The fraction of sp³-hybridized carbons (Fsp3) is 1.00. The van der Waals surface area contributed by atoms with Crippen molar-refractivity contribution in [1.29, 1.82) is 0 Å². The number of piperidine rings is 1. The highest BCUT2D eigenvalue weighted by atomic mass is 16.5. The summed E-state index contributed by atoms with van der Waals surface area (Å²) < 4.78 is 5.66. The highest BCUT2D eigenvalue weighted by Gasteiger charge is 2.30. The largest absolute Gasteiger partial charge is 0.377 e. The molecule has 0 bridgehead atoms. The summed E-state index contributed by atoms with van der Waals surface area (Å²) in [6, 6.07) is 0. The number of hydrogen-bond acceptors (Lipinski definition) is 3. The lowest BCUT2D eigenvalue weighted by Crippen LogP contribution is -2.44. The summed E-state index contributed by atoms with van der Waals surface area (Å²) in [4.78, 5) is 0. The molecule has 0 spiro atoms. The summed E-state index contributed by atoms with van der Waals surface area (Å²) in [7, 11) is 0. The second-order valence-electron chi connectivity index (χ2n) is 5.77. The van der Waals surface area contributed by atoms with E-state index in [2.05, 4.69) is 17.6 Å². The monoisotopic (exact) mass is 240 g/mol. The Balaban J connectivity index is 1.72. The highest BCUT2D eigenvalue weighted by Crippen LogP contribution is 2.33. The Morgan fingerprint density at radius 1 is 1.35 bits per heavy atom. The van der Waals surface area contributed by atoms with Crippen LogP contribution < -0.4 is 10.6 Å². The van der Waals surface area contributed by atoms with Crippen LogP contribution in [-0.4, -0.2) is 38.9 Å². The Bertz CT molecular complexity index is 203. The van der Waals surface area contributed by atoms with E-state index in [9.17, 15) is 0 Å². The van der Waals surface area contributed by atoms with Gasteiger partial charge in [0.05, 0.1) is 6.10 Å². The molecule has 100 valence electrons. The van der Waals surface area contributed by atoms with Gasteiger partial charge in [0.1, 0.15) is 0 Å². The van der Waals surface area contributed by atoms with E-state index in [-0.39, 0.29) is 0 Å².